The lowest BCUT2D eigenvalue weighted by atomic mass is 10.0. The maximum Gasteiger partial charge on any atom is 0.406 e. The molecule has 0 N–H and O–H groups in total. The molecule has 0 saturated heterocycles. The Kier molecular flexibility index (Phi) is 3.83. The molecule has 0 fully saturated rings. The number of carbonyl (C=O) groups excluding carboxylic acids is 1. The molecule has 1 unspecified atom stereocenters. The highest BCUT2D eigenvalue weighted by atomic mass is 19.4. The van der Waals surface area contributed by atoms with E-state index in [0.29, 0.717) is 12.4 Å². The van der Waals surface area contributed by atoms with Gasteiger partial charge in [-0.15, -0.1) is 5.11 Å². The number of amides is 1. The maximum absolute atomic E-state index is 13.2. The number of hydrogen-bond acceptors (Lipinski definition) is 4. The lowest BCUT2D eigenvalue weighted by molar-refractivity contribution is -0.177. The number of azo groups is 1. The minimum atomic E-state index is -4.69. The molecule has 8 heteroatoms. The van der Waals surface area contributed by atoms with Crippen LogP contribution in [0.1, 0.15) is 18.1 Å². The van der Waals surface area contributed by atoms with Crippen molar-refractivity contribution < 1.29 is 22.7 Å². The Balaban J connectivity index is 1.92. The van der Waals surface area contributed by atoms with Crippen molar-refractivity contribution in [3.63, 3.8) is 0 Å². The van der Waals surface area contributed by atoms with E-state index < -0.39 is 18.0 Å². The van der Waals surface area contributed by atoms with Crippen molar-refractivity contribution in [2.75, 3.05) is 6.61 Å². The molecular weight excluding hydrogens is 311 g/mol. The number of nitrogens with zero attached hydrogens (tertiary/aromatic N) is 3. The van der Waals surface area contributed by atoms with Crippen LogP contribution in [-0.4, -0.2) is 23.6 Å². The average Bonchev–Trinajstić information content (AvgIpc) is 2.91. The third-order valence-corrected chi connectivity index (χ3v) is 3.82. The molecule has 0 saturated carbocycles. The highest BCUT2D eigenvalue weighted by Crippen LogP contribution is 2.41. The van der Waals surface area contributed by atoms with Gasteiger partial charge in [0.05, 0.1) is 18.5 Å². The monoisotopic (exact) mass is 325 g/mol. The molecule has 0 bridgehead atoms. The molecule has 1 amide bonds. The predicted octanol–water partition coefficient (Wildman–Crippen LogP) is 3.41. The first kappa shape index (κ1) is 15.5. The number of fused-ring (bicyclic) bond motifs is 1. The van der Waals surface area contributed by atoms with Crippen LogP contribution >= 0.6 is 0 Å². The number of carbonyl (C=O) groups is 1. The molecule has 2 aliphatic rings. The SMILES string of the molecule is CCOc1cccc2c1CN(C1=CN=NC(=O)C1C(F)(F)F)C2. The fourth-order valence-corrected chi connectivity index (χ4v) is 2.84. The van der Waals surface area contributed by atoms with Gasteiger partial charge in [0.25, 0.3) is 5.91 Å². The number of hydrogen-bond donors (Lipinski definition) is 0. The minimum Gasteiger partial charge on any atom is -0.494 e. The van der Waals surface area contributed by atoms with E-state index in [1.807, 2.05) is 13.0 Å². The van der Waals surface area contributed by atoms with Crippen LogP contribution in [0.15, 0.2) is 40.3 Å². The van der Waals surface area contributed by atoms with E-state index in [9.17, 15) is 18.0 Å². The zero-order valence-electron chi connectivity index (χ0n) is 12.3. The van der Waals surface area contributed by atoms with Crippen LogP contribution in [0, 0.1) is 5.92 Å². The van der Waals surface area contributed by atoms with Gasteiger partial charge in [0, 0.05) is 18.7 Å². The van der Waals surface area contributed by atoms with Crippen molar-refractivity contribution in [2.45, 2.75) is 26.2 Å². The normalized spacial score (nSPS) is 20.5. The summed E-state index contributed by atoms with van der Waals surface area (Å²) in [7, 11) is 0. The first-order valence-corrected chi connectivity index (χ1v) is 7.11. The number of benzene rings is 1. The second-order valence-electron chi connectivity index (χ2n) is 5.27. The molecule has 23 heavy (non-hydrogen) atoms. The van der Waals surface area contributed by atoms with E-state index in [1.54, 1.807) is 12.1 Å². The van der Waals surface area contributed by atoms with E-state index in [2.05, 4.69) is 10.2 Å². The molecule has 0 aromatic heterocycles. The van der Waals surface area contributed by atoms with Gasteiger partial charge < -0.3 is 9.64 Å². The van der Waals surface area contributed by atoms with Crippen LogP contribution in [0.3, 0.4) is 0 Å². The van der Waals surface area contributed by atoms with Gasteiger partial charge in [0.15, 0.2) is 5.92 Å². The molecule has 0 radical (unpaired) electrons. The fraction of sp³-hybridized carbons (Fsp3) is 0.400. The van der Waals surface area contributed by atoms with Gasteiger partial charge >= 0.3 is 6.18 Å². The van der Waals surface area contributed by atoms with Crippen LogP contribution in [0.25, 0.3) is 0 Å². The summed E-state index contributed by atoms with van der Waals surface area (Å²) < 4.78 is 45.2. The molecule has 3 rings (SSSR count). The lowest BCUT2D eigenvalue weighted by Crippen LogP contribution is -2.38. The largest absolute Gasteiger partial charge is 0.494 e. The number of halogens is 3. The Morgan fingerprint density at radius 2 is 2.13 bits per heavy atom. The van der Waals surface area contributed by atoms with Gasteiger partial charge in [0.2, 0.25) is 0 Å². The number of alkyl halides is 3. The molecule has 1 atom stereocenters. The zero-order valence-corrected chi connectivity index (χ0v) is 12.3. The van der Waals surface area contributed by atoms with E-state index in [1.165, 1.54) is 4.90 Å². The van der Waals surface area contributed by atoms with Crippen molar-refractivity contribution in [2.24, 2.45) is 16.1 Å². The van der Waals surface area contributed by atoms with Crippen molar-refractivity contribution in [1.82, 2.24) is 4.90 Å². The Labute approximate surface area is 130 Å². The standard InChI is InChI=1S/C15H14F3N3O2/c1-2-23-12-5-3-4-9-7-21(8-10(9)12)11-6-19-20-14(22)13(11)15(16,17)18/h3-6,13H,2,7-8H2,1H3. The van der Waals surface area contributed by atoms with Gasteiger partial charge in [-0.3, -0.25) is 4.79 Å². The Bertz CT molecular complexity index is 698. The van der Waals surface area contributed by atoms with Crippen LogP contribution < -0.4 is 4.74 Å². The summed E-state index contributed by atoms with van der Waals surface area (Å²) in [6, 6.07) is 5.43. The van der Waals surface area contributed by atoms with Crippen LogP contribution in [0.2, 0.25) is 0 Å². The van der Waals surface area contributed by atoms with E-state index in [0.717, 1.165) is 17.3 Å². The highest BCUT2D eigenvalue weighted by Gasteiger charge is 2.50. The van der Waals surface area contributed by atoms with Crippen molar-refractivity contribution >= 4 is 5.91 Å². The molecule has 1 aromatic carbocycles. The highest BCUT2D eigenvalue weighted by molar-refractivity contribution is 5.83. The molecule has 5 nitrogen and oxygen atoms in total. The fourth-order valence-electron chi connectivity index (χ4n) is 2.84. The Hall–Kier alpha value is -2.38. The van der Waals surface area contributed by atoms with E-state index in [4.69, 9.17) is 4.74 Å². The van der Waals surface area contributed by atoms with Crippen molar-refractivity contribution in [3.8, 4) is 5.75 Å². The Morgan fingerprint density at radius 3 is 2.83 bits per heavy atom. The number of ether oxygens (including phenoxy) is 1. The molecule has 122 valence electrons. The average molecular weight is 325 g/mol. The molecule has 2 aliphatic heterocycles. The van der Waals surface area contributed by atoms with Gasteiger partial charge in [-0.2, -0.15) is 18.3 Å². The summed E-state index contributed by atoms with van der Waals surface area (Å²) >= 11 is 0. The molecule has 0 aliphatic carbocycles. The third kappa shape index (κ3) is 2.80. The van der Waals surface area contributed by atoms with Crippen LogP contribution in [0.5, 0.6) is 5.75 Å². The molecule has 2 heterocycles. The van der Waals surface area contributed by atoms with E-state index in [-0.39, 0.29) is 18.8 Å². The summed E-state index contributed by atoms with van der Waals surface area (Å²) in [4.78, 5) is 13.1. The summed E-state index contributed by atoms with van der Waals surface area (Å²) in [5.74, 6) is -2.89. The summed E-state index contributed by atoms with van der Waals surface area (Å²) in [6.07, 6.45) is -3.67. The van der Waals surface area contributed by atoms with Crippen molar-refractivity contribution in [1.29, 1.82) is 0 Å². The van der Waals surface area contributed by atoms with Crippen molar-refractivity contribution in [3.05, 3.63) is 41.2 Å². The van der Waals surface area contributed by atoms with Crippen LogP contribution in [0.4, 0.5) is 13.2 Å². The van der Waals surface area contributed by atoms with Crippen LogP contribution in [-0.2, 0) is 17.9 Å². The Morgan fingerprint density at radius 1 is 1.35 bits per heavy atom. The second-order valence-corrected chi connectivity index (χ2v) is 5.27. The summed E-state index contributed by atoms with van der Waals surface area (Å²) in [5, 5.41) is 6.44. The minimum absolute atomic E-state index is 0.170. The molecular formula is C15H14F3N3O2. The van der Waals surface area contributed by atoms with Gasteiger partial charge in [0.1, 0.15) is 5.75 Å². The lowest BCUT2D eigenvalue weighted by Gasteiger charge is -2.28. The first-order chi connectivity index (χ1) is 10.9. The summed E-state index contributed by atoms with van der Waals surface area (Å²) in [5.41, 5.74) is 1.55. The predicted molar refractivity (Wildman–Crippen MR) is 74.3 cm³/mol. The van der Waals surface area contributed by atoms with Gasteiger partial charge in [-0.25, -0.2) is 0 Å². The molecule has 1 aromatic rings. The number of rotatable bonds is 3. The quantitative estimate of drug-likeness (QED) is 0.856. The topological polar surface area (TPSA) is 54.3 Å². The second kappa shape index (κ2) is 5.68. The third-order valence-electron chi connectivity index (χ3n) is 3.82. The smallest absolute Gasteiger partial charge is 0.406 e. The zero-order chi connectivity index (χ0) is 16.6. The van der Waals surface area contributed by atoms with E-state index >= 15 is 0 Å². The first-order valence-electron chi connectivity index (χ1n) is 7.11. The van der Waals surface area contributed by atoms with Gasteiger partial charge in [-0.05, 0) is 18.6 Å². The summed E-state index contributed by atoms with van der Waals surface area (Å²) in [6.45, 7) is 2.83. The maximum atomic E-state index is 13.2. The van der Waals surface area contributed by atoms with Gasteiger partial charge in [-0.1, -0.05) is 12.1 Å². The molecule has 0 spiro atoms.